The van der Waals surface area contributed by atoms with Gasteiger partial charge in [0.15, 0.2) is 0 Å². The average molecular weight is 461 g/mol. The van der Waals surface area contributed by atoms with Crippen LogP contribution in [0.25, 0.3) is 0 Å². The summed E-state index contributed by atoms with van der Waals surface area (Å²) in [5, 5.41) is 0. The Labute approximate surface area is 202 Å². The van der Waals surface area contributed by atoms with Gasteiger partial charge >= 0.3 is 11.9 Å². The van der Waals surface area contributed by atoms with E-state index in [4.69, 9.17) is 9.47 Å². The number of carbonyl (C=O) groups is 2. The fourth-order valence-electron chi connectivity index (χ4n) is 6.40. The van der Waals surface area contributed by atoms with Gasteiger partial charge < -0.3 is 9.47 Å². The minimum Gasteiger partial charge on any atom is -0.456 e. The van der Waals surface area contributed by atoms with Gasteiger partial charge in [0.25, 0.3) is 0 Å². The molecule has 0 N–H and O–H groups in total. The molecule has 2 fully saturated rings. The second-order valence-corrected chi connectivity index (χ2v) is 11.0. The second kappa shape index (κ2) is 12.8. The van der Waals surface area contributed by atoms with E-state index < -0.39 is 11.2 Å². The first-order chi connectivity index (χ1) is 15.7. The van der Waals surface area contributed by atoms with Gasteiger partial charge in [-0.05, 0) is 62.2 Å². The summed E-state index contributed by atoms with van der Waals surface area (Å²) in [6, 6.07) is 0. The van der Waals surface area contributed by atoms with Crippen LogP contribution in [0.2, 0.25) is 0 Å². The van der Waals surface area contributed by atoms with Crippen LogP contribution in [-0.4, -0.2) is 23.1 Å². The van der Waals surface area contributed by atoms with E-state index in [0.717, 1.165) is 51.4 Å². The number of esters is 2. The van der Waals surface area contributed by atoms with Crippen LogP contribution >= 0.6 is 0 Å². The van der Waals surface area contributed by atoms with Crippen LogP contribution in [0.1, 0.15) is 111 Å². The van der Waals surface area contributed by atoms with Crippen LogP contribution < -0.4 is 0 Å². The molecule has 2 rings (SSSR count). The molecular weight excluding hydrogens is 412 g/mol. The second-order valence-electron chi connectivity index (χ2n) is 11.0. The molecule has 0 amide bonds. The van der Waals surface area contributed by atoms with Crippen molar-refractivity contribution in [3.63, 3.8) is 0 Å². The largest absolute Gasteiger partial charge is 0.456 e. The van der Waals surface area contributed by atoms with Crippen molar-refractivity contribution >= 4 is 11.9 Å². The molecular formula is C29H48O4. The van der Waals surface area contributed by atoms with Gasteiger partial charge in [0, 0.05) is 18.6 Å². The van der Waals surface area contributed by atoms with Gasteiger partial charge in [-0.3, -0.25) is 0 Å². The zero-order valence-electron chi connectivity index (χ0n) is 21.7. The minimum atomic E-state index is -0.604. The predicted octanol–water partition coefficient (Wildman–Crippen LogP) is 7.57. The SMILES string of the molecule is C=CC(=O)OC1(CC2(OC(=O)C=C)CCC(C)C(CCCC)C2)CCC(C)C(CCCC)C1. The van der Waals surface area contributed by atoms with Crippen molar-refractivity contribution in [3.05, 3.63) is 25.3 Å². The Kier molecular flexibility index (Phi) is 10.7. The molecule has 188 valence electrons. The Morgan fingerprint density at radius 2 is 1.21 bits per heavy atom. The number of rotatable bonds is 12. The number of unbranched alkanes of at least 4 members (excludes halogenated alkanes) is 2. The Balaban J connectivity index is 2.38. The number of carbonyl (C=O) groups excluding carboxylic acids is 2. The summed E-state index contributed by atoms with van der Waals surface area (Å²) in [5.41, 5.74) is -1.21. The summed E-state index contributed by atoms with van der Waals surface area (Å²) < 4.78 is 12.4. The van der Waals surface area contributed by atoms with E-state index in [1.807, 2.05) is 0 Å². The van der Waals surface area contributed by atoms with E-state index in [1.165, 1.54) is 37.8 Å². The van der Waals surface area contributed by atoms with Crippen molar-refractivity contribution in [3.8, 4) is 0 Å². The van der Waals surface area contributed by atoms with Crippen LogP contribution in [0.3, 0.4) is 0 Å². The summed E-state index contributed by atoms with van der Waals surface area (Å²) in [5.74, 6) is 1.53. The van der Waals surface area contributed by atoms with Gasteiger partial charge in [-0.1, -0.05) is 79.4 Å². The van der Waals surface area contributed by atoms with Gasteiger partial charge in [0.2, 0.25) is 0 Å². The van der Waals surface area contributed by atoms with Crippen LogP contribution in [0, 0.1) is 23.7 Å². The van der Waals surface area contributed by atoms with Crippen LogP contribution in [0.5, 0.6) is 0 Å². The molecule has 2 aliphatic rings. The molecule has 0 spiro atoms. The summed E-state index contributed by atoms with van der Waals surface area (Å²) in [6.07, 6.45) is 15.5. The molecule has 0 bridgehead atoms. The quantitative estimate of drug-likeness (QED) is 0.223. The fourth-order valence-corrected chi connectivity index (χ4v) is 6.40. The molecule has 0 saturated heterocycles. The zero-order chi connectivity index (χ0) is 24.5. The van der Waals surface area contributed by atoms with E-state index >= 15 is 0 Å². The Hall–Kier alpha value is -1.58. The van der Waals surface area contributed by atoms with Crippen LogP contribution in [0.4, 0.5) is 0 Å². The van der Waals surface area contributed by atoms with Gasteiger partial charge in [0.1, 0.15) is 11.2 Å². The normalized spacial score (nSPS) is 34.3. The third kappa shape index (κ3) is 7.72. The van der Waals surface area contributed by atoms with Crippen LogP contribution in [0.15, 0.2) is 25.3 Å². The smallest absolute Gasteiger partial charge is 0.330 e. The first-order valence-electron chi connectivity index (χ1n) is 13.4. The Bertz CT molecular complexity index is 615. The molecule has 2 aliphatic carbocycles. The van der Waals surface area contributed by atoms with Crippen molar-refractivity contribution in [1.82, 2.24) is 0 Å². The monoisotopic (exact) mass is 460 g/mol. The van der Waals surface area contributed by atoms with Crippen LogP contribution in [-0.2, 0) is 19.1 Å². The lowest BCUT2D eigenvalue weighted by Gasteiger charge is -2.50. The molecule has 0 aliphatic heterocycles. The van der Waals surface area contributed by atoms with E-state index in [0.29, 0.717) is 30.1 Å². The van der Waals surface area contributed by atoms with Gasteiger partial charge in [-0.25, -0.2) is 9.59 Å². The maximum Gasteiger partial charge on any atom is 0.330 e. The molecule has 6 atom stereocenters. The Morgan fingerprint density at radius 3 is 1.55 bits per heavy atom. The minimum absolute atomic E-state index is 0.365. The van der Waals surface area contributed by atoms with Gasteiger partial charge in [-0.2, -0.15) is 0 Å². The van der Waals surface area contributed by atoms with Crippen molar-refractivity contribution in [2.75, 3.05) is 0 Å². The topological polar surface area (TPSA) is 52.6 Å². The molecule has 0 aromatic rings. The first-order valence-corrected chi connectivity index (χ1v) is 13.4. The van der Waals surface area contributed by atoms with E-state index in [2.05, 4.69) is 40.9 Å². The van der Waals surface area contributed by atoms with Crippen molar-refractivity contribution in [2.24, 2.45) is 23.7 Å². The van der Waals surface area contributed by atoms with Gasteiger partial charge in [-0.15, -0.1) is 0 Å². The highest BCUT2D eigenvalue weighted by Crippen LogP contribution is 2.51. The third-order valence-electron chi connectivity index (χ3n) is 8.46. The molecule has 0 heterocycles. The molecule has 2 saturated carbocycles. The zero-order valence-corrected chi connectivity index (χ0v) is 21.7. The van der Waals surface area contributed by atoms with Gasteiger partial charge in [0.05, 0.1) is 0 Å². The number of ether oxygens (including phenoxy) is 2. The lowest BCUT2D eigenvalue weighted by atomic mass is 9.62. The Morgan fingerprint density at radius 1 is 0.818 bits per heavy atom. The average Bonchev–Trinajstić information content (AvgIpc) is 2.80. The highest BCUT2D eigenvalue weighted by Gasteiger charge is 2.51. The number of hydrogen-bond acceptors (Lipinski definition) is 4. The fraction of sp³-hybridized carbons (Fsp3) is 0.793. The highest BCUT2D eigenvalue weighted by molar-refractivity contribution is 5.82. The lowest BCUT2D eigenvalue weighted by molar-refractivity contribution is -0.188. The van der Waals surface area contributed by atoms with Crippen molar-refractivity contribution in [2.45, 2.75) is 122 Å². The standard InChI is InChI=1S/C29H48O4/c1-7-11-13-24-19-28(17-15-22(24)5,32-26(30)9-3)21-29(33-27(31)10-4)18-16-23(6)25(20-29)14-12-8-2/h9-10,22-25H,3-4,7-8,11-21H2,1-2,5-6H3. The summed E-state index contributed by atoms with van der Waals surface area (Å²) in [7, 11) is 0. The van der Waals surface area contributed by atoms with E-state index in [9.17, 15) is 9.59 Å². The van der Waals surface area contributed by atoms with E-state index in [1.54, 1.807) is 0 Å². The molecule has 0 aromatic carbocycles. The molecule has 0 aromatic heterocycles. The highest BCUT2D eigenvalue weighted by atomic mass is 16.6. The molecule has 6 unspecified atom stereocenters. The summed E-state index contributed by atoms with van der Waals surface area (Å²) in [6.45, 7) is 16.4. The molecule has 4 heteroatoms. The summed E-state index contributed by atoms with van der Waals surface area (Å²) >= 11 is 0. The predicted molar refractivity (Wildman–Crippen MR) is 135 cm³/mol. The molecule has 33 heavy (non-hydrogen) atoms. The third-order valence-corrected chi connectivity index (χ3v) is 8.46. The molecule has 4 nitrogen and oxygen atoms in total. The van der Waals surface area contributed by atoms with E-state index in [-0.39, 0.29) is 11.9 Å². The molecule has 0 radical (unpaired) electrons. The van der Waals surface area contributed by atoms with Crippen molar-refractivity contribution in [1.29, 1.82) is 0 Å². The van der Waals surface area contributed by atoms with Crippen molar-refractivity contribution < 1.29 is 19.1 Å². The number of hydrogen-bond donors (Lipinski definition) is 0. The maximum absolute atomic E-state index is 12.5. The lowest BCUT2D eigenvalue weighted by Crippen LogP contribution is -2.52. The maximum atomic E-state index is 12.5. The summed E-state index contributed by atoms with van der Waals surface area (Å²) in [4.78, 5) is 25.0. The first kappa shape index (κ1) is 27.7.